The number of carbonyl (C=O) groups is 1. The van der Waals surface area contributed by atoms with Gasteiger partial charge >= 0.3 is 0 Å². The van der Waals surface area contributed by atoms with Gasteiger partial charge in [0.15, 0.2) is 0 Å². The lowest BCUT2D eigenvalue weighted by molar-refractivity contribution is 0.0943. The Kier molecular flexibility index (Phi) is 4.87. The highest BCUT2D eigenvalue weighted by atomic mass is 16.1. The second-order valence-corrected chi connectivity index (χ2v) is 5.38. The summed E-state index contributed by atoms with van der Waals surface area (Å²) >= 11 is 0. The molecule has 0 aliphatic carbocycles. The zero-order chi connectivity index (χ0) is 16.8. The second-order valence-electron chi connectivity index (χ2n) is 5.38. The van der Waals surface area contributed by atoms with Crippen molar-refractivity contribution in [2.45, 2.75) is 6.04 Å². The smallest absolute Gasteiger partial charge is 0.255 e. The van der Waals surface area contributed by atoms with Crippen LogP contribution in [0.1, 0.15) is 27.5 Å². The van der Waals surface area contributed by atoms with Crippen molar-refractivity contribution in [3.05, 3.63) is 95.7 Å². The predicted molar refractivity (Wildman–Crippen MR) is 96.0 cm³/mol. The fourth-order valence-corrected chi connectivity index (χ4v) is 2.65. The first kappa shape index (κ1) is 15.7. The van der Waals surface area contributed by atoms with Crippen LogP contribution in [0.4, 0.5) is 5.82 Å². The van der Waals surface area contributed by atoms with Crippen molar-refractivity contribution >= 4 is 11.7 Å². The lowest BCUT2D eigenvalue weighted by atomic mass is 9.98. The van der Waals surface area contributed by atoms with Gasteiger partial charge in [0.25, 0.3) is 5.91 Å². The Bertz CT molecular complexity index is 764. The molecule has 3 rings (SSSR count). The monoisotopic (exact) mass is 317 g/mol. The number of carbonyl (C=O) groups excluding carboxylic acids is 1. The summed E-state index contributed by atoms with van der Waals surface area (Å²) in [4.78, 5) is 17.0. The highest BCUT2D eigenvalue weighted by Gasteiger charge is 2.19. The first-order valence-electron chi connectivity index (χ1n) is 7.83. The van der Waals surface area contributed by atoms with E-state index in [2.05, 4.69) is 15.6 Å². The van der Waals surface area contributed by atoms with E-state index >= 15 is 0 Å². The number of hydrogen-bond donors (Lipinski definition) is 2. The topological polar surface area (TPSA) is 54.0 Å². The molecule has 0 aliphatic heterocycles. The Balaban J connectivity index is 1.94. The summed E-state index contributed by atoms with van der Waals surface area (Å²) < 4.78 is 0. The summed E-state index contributed by atoms with van der Waals surface area (Å²) in [6, 6.07) is 23.2. The van der Waals surface area contributed by atoms with Crippen LogP contribution >= 0.6 is 0 Å². The number of rotatable bonds is 5. The molecule has 2 N–H and O–H groups in total. The number of nitrogens with one attached hydrogen (secondary N) is 2. The third-order valence-electron chi connectivity index (χ3n) is 3.83. The van der Waals surface area contributed by atoms with E-state index in [4.69, 9.17) is 0 Å². The van der Waals surface area contributed by atoms with Gasteiger partial charge in [-0.1, -0.05) is 60.7 Å². The van der Waals surface area contributed by atoms with Crippen molar-refractivity contribution in [1.82, 2.24) is 10.3 Å². The van der Waals surface area contributed by atoms with Gasteiger partial charge in [0, 0.05) is 13.2 Å². The fraction of sp³-hybridized carbons (Fsp3) is 0.100. The molecule has 0 saturated heterocycles. The standard InChI is InChI=1S/C20H19N3O/c1-21-19-17(13-8-14-22-19)20(24)23-18(15-9-4-2-5-10-15)16-11-6-3-7-12-16/h2-14,18H,1H3,(H,21,22)(H,23,24). The summed E-state index contributed by atoms with van der Waals surface area (Å²) in [6.45, 7) is 0. The molecule has 0 bridgehead atoms. The van der Waals surface area contributed by atoms with E-state index in [-0.39, 0.29) is 11.9 Å². The van der Waals surface area contributed by atoms with Crippen LogP contribution in [0, 0.1) is 0 Å². The zero-order valence-electron chi connectivity index (χ0n) is 13.4. The molecule has 0 aliphatic rings. The molecule has 0 atom stereocenters. The van der Waals surface area contributed by atoms with Gasteiger partial charge in [0.05, 0.1) is 11.6 Å². The number of pyridine rings is 1. The van der Waals surface area contributed by atoms with Crippen molar-refractivity contribution in [2.24, 2.45) is 0 Å². The van der Waals surface area contributed by atoms with E-state index in [0.29, 0.717) is 11.4 Å². The molecule has 0 fully saturated rings. The molecule has 0 saturated carbocycles. The van der Waals surface area contributed by atoms with E-state index in [1.165, 1.54) is 0 Å². The minimum Gasteiger partial charge on any atom is -0.372 e. The van der Waals surface area contributed by atoms with Gasteiger partial charge < -0.3 is 10.6 Å². The average molecular weight is 317 g/mol. The summed E-state index contributed by atoms with van der Waals surface area (Å²) in [5, 5.41) is 6.08. The maximum atomic E-state index is 12.8. The first-order chi connectivity index (χ1) is 11.8. The molecule has 4 heteroatoms. The van der Waals surface area contributed by atoms with Crippen LogP contribution < -0.4 is 10.6 Å². The number of amides is 1. The molecule has 2 aromatic carbocycles. The summed E-state index contributed by atoms with van der Waals surface area (Å²) in [6.07, 6.45) is 1.66. The maximum absolute atomic E-state index is 12.8. The van der Waals surface area contributed by atoms with Gasteiger partial charge in [-0.15, -0.1) is 0 Å². The van der Waals surface area contributed by atoms with Gasteiger partial charge in [-0.25, -0.2) is 4.98 Å². The lowest BCUT2D eigenvalue weighted by Crippen LogP contribution is -2.30. The SMILES string of the molecule is CNc1ncccc1C(=O)NC(c1ccccc1)c1ccccc1. The zero-order valence-corrected chi connectivity index (χ0v) is 13.4. The number of aromatic nitrogens is 1. The molecule has 0 spiro atoms. The number of nitrogens with zero attached hydrogens (tertiary/aromatic N) is 1. The molecule has 1 heterocycles. The quantitative estimate of drug-likeness (QED) is 0.755. The summed E-state index contributed by atoms with van der Waals surface area (Å²) in [5.41, 5.74) is 2.59. The van der Waals surface area contributed by atoms with Crippen molar-refractivity contribution in [3.63, 3.8) is 0 Å². The third-order valence-corrected chi connectivity index (χ3v) is 3.83. The summed E-state index contributed by atoms with van der Waals surface area (Å²) in [5.74, 6) is 0.403. The van der Waals surface area contributed by atoms with Crippen LogP contribution in [0.2, 0.25) is 0 Å². The Labute approximate surface area is 141 Å². The maximum Gasteiger partial charge on any atom is 0.255 e. The molecule has 120 valence electrons. The molecule has 0 radical (unpaired) electrons. The van der Waals surface area contributed by atoms with E-state index < -0.39 is 0 Å². The van der Waals surface area contributed by atoms with Gasteiger partial charge in [-0.2, -0.15) is 0 Å². The molecular weight excluding hydrogens is 298 g/mol. The van der Waals surface area contributed by atoms with E-state index in [9.17, 15) is 4.79 Å². The van der Waals surface area contributed by atoms with E-state index in [1.807, 2.05) is 60.7 Å². The Morgan fingerprint density at radius 3 is 2.00 bits per heavy atom. The predicted octanol–water partition coefficient (Wildman–Crippen LogP) is 3.64. The minimum absolute atomic E-state index is 0.162. The largest absolute Gasteiger partial charge is 0.372 e. The van der Waals surface area contributed by atoms with Crippen molar-refractivity contribution < 1.29 is 4.79 Å². The molecule has 0 unspecified atom stereocenters. The van der Waals surface area contributed by atoms with Gasteiger partial charge in [-0.3, -0.25) is 4.79 Å². The average Bonchev–Trinajstić information content (AvgIpc) is 2.67. The minimum atomic E-state index is -0.218. The number of benzene rings is 2. The van der Waals surface area contributed by atoms with Crippen LogP contribution in [0.5, 0.6) is 0 Å². The van der Waals surface area contributed by atoms with Crippen LogP contribution in [-0.2, 0) is 0 Å². The highest BCUT2D eigenvalue weighted by Crippen LogP contribution is 2.23. The Morgan fingerprint density at radius 2 is 1.46 bits per heavy atom. The second kappa shape index (κ2) is 7.42. The lowest BCUT2D eigenvalue weighted by Gasteiger charge is -2.20. The van der Waals surface area contributed by atoms with Crippen molar-refractivity contribution in [2.75, 3.05) is 12.4 Å². The Morgan fingerprint density at radius 1 is 0.875 bits per heavy atom. The van der Waals surface area contributed by atoms with Gasteiger partial charge in [0.2, 0.25) is 0 Å². The molecular formula is C20H19N3O. The number of anilines is 1. The van der Waals surface area contributed by atoms with Crippen LogP contribution in [0.25, 0.3) is 0 Å². The fourth-order valence-electron chi connectivity index (χ4n) is 2.65. The Hall–Kier alpha value is -3.14. The molecule has 1 amide bonds. The van der Waals surface area contributed by atoms with Crippen molar-refractivity contribution in [1.29, 1.82) is 0 Å². The first-order valence-corrected chi connectivity index (χ1v) is 7.83. The molecule has 24 heavy (non-hydrogen) atoms. The van der Waals surface area contributed by atoms with Gasteiger partial charge in [-0.05, 0) is 23.3 Å². The third kappa shape index (κ3) is 3.43. The number of hydrogen-bond acceptors (Lipinski definition) is 3. The molecule has 3 aromatic rings. The molecule has 1 aromatic heterocycles. The highest BCUT2D eigenvalue weighted by molar-refractivity contribution is 5.99. The molecule has 4 nitrogen and oxygen atoms in total. The summed E-state index contributed by atoms with van der Waals surface area (Å²) in [7, 11) is 1.75. The van der Waals surface area contributed by atoms with Crippen LogP contribution in [-0.4, -0.2) is 17.9 Å². The van der Waals surface area contributed by atoms with E-state index in [0.717, 1.165) is 11.1 Å². The normalized spacial score (nSPS) is 10.4. The van der Waals surface area contributed by atoms with E-state index in [1.54, 1.807) is 25.4 Å². The van der Waals surface area contributed by atoms with Crippen molar-refractivity contribution in [3.8, 4) is 0 Å². The van der Waals surface area contributed by atoms with Gasteiger partial charge in [0.1, 0.15) is 5.82 Å². The van der Waals surface area contributed by atoms with Crippen LogP contribution in [0.3, 0.4) is 0 Å². The van der Waals surface area contributed by atoms with Crippen LogP contribution in [0.15, 0.2) is 79.0 Å².